The van der Waals surface area contributed by atoms with Gasteiger partial charge in [-0.2, -0.15) is 0 Å². The summed E-state index contributed by atoms with van der Waals surface area (Å²) in [6.07, 6.45) is 1.05. The standard InChI is InChI=1S/C18H22N2O4/c1-12-16(10-20(2)15-8-9-23-11-15)19-17(24-12)13-4-6-14(7-5-13)18(21)22-3/h4-7,15H,8-11H2,1-3H3. The second kappa shape index (κ2) is 7.15. The van der Waals surface area contributed by atoms with Crippen molar-refractivity contribution in [2.75, 3.05) is 27.4 Å². The third-order valence-corrected chi connectivity index (χ3v) is 4.37. The molecule has 24 heavy (non-hydrogen) atoms. The Bertz CT molecular complexity index is 702. The number of hydrogen-bond acceptors (Lipinski definition) is 6. The van der Waals surface area contributed by atoms with E-state index in [1.807, 2.05) is 19.1 Å². The van der Waals surface area contributed by atoms with Gasteiger partial charge in [-0.25, -0.2) is 9.78 Å². The zero-order valence-corrected chi connectivity index (χ0v) is 14.2. The highest BCUT2D eigenvalue weighted by molar-refractivity contribution is 5.89. The van der Waals surface area contributed by atoms with Crippen LogP contribution < -0.4 is 0 Å². The van der Waals surface area contributed by atoms with E-state index in [0.717, 1.165) is 43.2 Å². The Labute approximate surface area is 141 Å². The van der Waals surface area contributed by atoms with Gasteiger partial charge in [0, 0.05) is 24.8 Å². The van der Waals surface area contributed by atoms with Crippen molar-refractivity contribution in [3.05, 3.63) is 41.3 Å². The fraction of sp³-hybridized carbons (Fsp3) is 0.444. The number of esters is 1. The highest BCUT2D eigenvalue weighted by Gasteiger charge is 2.22. The molecule has 1 unspecified atom stereocenters. The highest BCUT2D eigenvalue weighted by atomic mass is 16.5. The van der Waals surface area contributed by atoms with E-state index in [1.165, 1.54) is 7.11 Å². The van der Waals surface area contributed by atoms with Crippen LogP contribution in [0.3, 0.4) is 0 Å². The van der Waals surface area contributed by atoms with E-state index in [4.69, 9.17) is 13.9 Å². The fourth-order valence-corrected chi connectivity index (χ4v) is 2.80. The number of carbonyl (C=O) groups excluding carboxylic acids is 1. The minimum Gasteiger partial charge on any atom is -0.465 e. The lowest BCUT2D eigenvalue weighted by Gasteiger charge is -2.21. The molecule has 0 radical (unpaired) electrons. The molecule has 0 saturated carbocycles. The Balaban J connectivity index is 1.74. The van der Waals surface area contributed by atoms with E-state index in [9.17, 15) is 4.79 Å². The van der Waals surface area contributed by atoms with E-state index in [2.05, 4.69) is 16.9 Å². The van der Waals surface area contributed by atoms with Crippen LogP contribution in [0.2, 0.25) is 0 Å². The molecule has 1 fully saturated rings. The molecule has 1 aliphatic heterocycles. The summed E-state index contributed by atoms with van der Waals surface area (Å²) >= 11 is 0. The topological polar surface area (TPSA) is 64.8 Å². The summed E-state index contributed by atoms with van der Waals surface area (Å²) in [6, 6.07) is 7.49. The average molecular weight is 330 g/mol. The Kier molecular flexibility index (Phi) is 4.97. The minimum atomic E-state index is -0.355. The first kappa shape index (κ1) is 16.7. The molecular formula is C18H22N2O4. The van der Waals surface area contributed by atoms with Gasteiger partial charge in [-0.05, 0) is 44.7 Å². The number of aryl methyl sites for hydroxylation is 1. The number of methoxy groups -OCH3 is 1. The lowest BCUT2D eigenvalue weighted by Crippen LogP contribution is -2.31. The van der Waals surface area contributed by atoms with E-state index in [1.54, 1.807) is 12.1 Å². The van der Waals surface area contributed by atoms with Crippen molar-refractivity contribution in [3.8, 4) is 11.5 Å². The molecule has 3 rings (SSSR count). The Morgan fingerprint density at radius 1 is 1.38 bits per heavy atom. The molecule has 2 heterocycles. The van der Waals surface area contributed by atoms with Gasteiger partial charge < -0.3 is 13.9 Å². The molecule has 0 N–H and O–H groups in total. The molecule has 128 valence electrons. The second-order valence-corrected chi connectivity index (χ2v) is 6.02. The van der Waals surface area contributed by atoms with Gasteiger partial charge in [0.2, 0.25) is 5.89 Å². The van der Waals surface area contributed by atoms with E-state index >= 15 is 0 Å². The first-order valence-corrected chi connectivity index (χ1v) is 8.01. The third kappa shape index (κ3) is 3.49. The molecule has 1 aromatic carbocycles. The lowest BCUT2D eigenvalue weighted by atomic mass is 10.1. The maximum Gasteiger partial charge on any atom is 0.337 e. The van der Waals surface area contributed by atoms with Crippen molar-refractivity contribution < 1.29 is 18.7 Å². The molecule has 6 heteroatoms. The fourth-order valence-electron chi connectivity index (χ4n) is 2.80. The number of ether oxygens (including phenoxy) is 2. The number of nitrogens with zero attached hydrogens (tertiary/aromatic N) is 2. The summed E-state index contributed by atoms with van der Waals surface area (Å²) in [7, 11) is 3.45. The second-order valence-electron chi connectivity index (χ2n) is 6.02. The summed E-state index contributed by atoms with van der Waals surface area (Å²) in [5.74, 6) is 1.02. The molecule has 1 atom stereocenters. The van der Waals surface area contributed by atoms with Crippen LogP contribution in [0.15, 0.2) is 28.7 Å². The first-order chi connectivity index (χ1) is 11.6. The van der Waals surface area contributed by atoms with Crippen LogP contribution >= 0.6 is 0 Å². The Hall–Kier alpha value is -2.18. The lowest BCUT2D eigenvalue weighted by molar-refractivity contribution is 0.0600. The van der Waals surface area contributed by atoms with Gasteiger partial charge >= 0.3 is 5.97 Å². The van der Waals surface area contributed by atoms with Crippen molar-refractivity contribution in [2.24, 2.45) is 0 Å². The van der Waals surface area contributed by atoms with Gasteiger partial charge in [-0.1, -0.05) is 0 Å². The van der Waals surface area contributed by atoms with Crippen LogP contribution in [-0.4, -0.2) is 49.3 Å². The number of carbonyl (C=O) groups is 1. The Morgan fingerprint density at radius 2 is 2.12 bits per heavy atom. The van der Waals surface area contributed by atoms with Crippen LogP contribution in [0.4, 0.5) is 0 Å². The van der Waals surface area contributed by atoms with Crippen LogP contribution in [0.5, 0.6) is 0 Å². The monoisotopic (exact) mass is 330 g/mol. The van der Waals surface area contributed by atoms with Gasteiger partial charge in [0.15, 0.2) is 0 Å². The van der Waals surface area contributed by atoms with Crippen molar-refractivity contribution in [1.82, 2.24) is 9.88 Å². The van der Waals surface area contributed by atoms with Gasteiger partial charge in [-0.15, -0.1) is 0 Å². The highest BCUT2D eigenvalue weighted by Crippen LogP contribution is 2.24. The predicted molar refractivity (Wildman–Crippen MR) is 88.7 cm³/mol. The number of likely N-dealkylation sites (N-methyl/N-ethyl adjacent to an activating group) is 1. The maximum absolute atomic E-state index is 11.5. The van der Waals surface area contributed by atoms with E-state index in [-0.39, 0.29) is 5.97 Å². The number of rotatable bonds is 5. The summed E-state index contributed by atoms with van der Waals surface area (Å²) in [5, 5.41) is 0. The number of benzene rings is 1. The first-order valence-electron chi connectivity index (χ1n) is 8.01. The molecule has 1 saturated heterocycles. The van der Waals surface area contributed by atoms with Crippen LogP contribution in [0, 0.1) is 6.92 Å². The largest absolute Gasteiger partial charge is 0.465 e. The van der Waals surface area contributed by atoms with Gasteiger partial charge in [-0.3, -0.25) is 4.90 Å². The van der Waals surface area contributed by atoms with Crippen LogP contribution in [0.1, 0.15) is 28.2 Å². The maximum atomic E-state index is 11.5. The van der Waals surface area contributed by atoms with Gasteiger partial charge in [0.25, 0.3) is 0 Å². The number of oxazole rings is 1. The zero-order valence-electron chi connectivity index (χ0n) is 14.2. The summed E-state index contributed by atoms with van der Waals surface area (Å²) in [4.78, 5) is 18.4. The quantitative estimate of drug-likeness (QED) is 0.785. The number of hydrogen-bond donors (Lipinski definition) is 0. The average Bonchev–Trinajstić information content (AvgIpc) is 3.25. The summed E-state index contributed by atoms with van der Waals surface area (Å²) in [6.45, 7) is 4.25. The van der Waals surface area contributed by atoms with Crippen molar-refractivity contribution in [3.63, 3.8) is 0 Å². The van der Waals surface area contributed by atoms with Crippen molar-refractivity contribution in [1.29, 1.82) is 0 Å². The molecule has 0 aliphatic carbocycles. The van der Waals surface area contributed by atoms with E-state index in [0.29, 0.717) is 17.5 Å². The SMILES string of the molecule is COC(=O)c1ccc(-c2nc(CN(C)C3CCOC3)c(C)o2)cc1. The summed E-state index contributed by atoms with van der Waals surface area (Å²) in [5.41, 5.74) is 2.27. The predicted octanol–water partition coefficient (Wildman–Crippen LogP) is 2.66. The molecule has 1 aliphatic rings. The van der Waals surface area contributed by atoms with E-state index < -0.39 is 0 Å². The molecule has 2 aromatic rings. The van der Waals surface area contributed by atoms with Crippen LogP contribution in [0.25, 0.3) is 11.5 Å². The van der Waals surface area contributed by atoms with Gasteiger partial charge in [0.05, 0.1) is 25.0 Å². The molecule has 0 bridgehead atoms. The molecule has 0 spiro atoms. The summed E-state index contributed by atoms with van der Waals surface area (Å²) < 4.78 is 15.9. The van der Waals surface area contributed by atoms with Gasteiger partial charge in [0.1, 0.15) is 5.76 Å². The molecular weight excluding hydrogens is 308 g/mol. The third-order valence-electron chi connectivity index (χ3n) is 4.37. The van der Waals surface area contributed by atoms with Crippen molar-refractivity contribution >= 4 is 5.97 Å². The molecule has 1 aromatic heterocycles. The normalized spacial score (nSPS) is 17.4. The minimum absolute atomic E-state index is 0.355. The smallest absolute Gasteiger partial charge is 0.337 e. The van der Waals surface area contributed by atoms with Crippen molar-refractivity contribution in [2.45, 2.75) is 25.9 Å². The molecule has 6 nitrogen and oxygen atoms in total. The number of aromatic nitrogens is 1. The van der Waals surface area contributed by atoms with Crippen LogP contribution in [-0.2, 0) is 16.0 Å². The Morgan fingerprint density at radius 3 is 2.75 bits per heavy atom. The molecule has 0 amide bonds. The zero-order chi connectivity index (χ0) is 17.1.